The largest absolute Gasteiger partial charge is 0.390 e. The van der Waals surface area contributed by atoms with E-state index in [-0.39, 0.29) is 0 Å². The zero-order valence-corrected chi connectivity index (χ0v) is 7.93. The van der Waals surface area contributed by atoms with E-state index >= 15 is 0 Å². The Bertz CT molecular complexity index is 109. The van der Waals surface area contributed by atoms with Gasteiger partial charge in [0.2, 0.25) is 0 Å². The van der Waals surface area contributed by atoms with Gasteiger partial charge in [0.05, 0.1) is 5.60 Å². The van der Waals surface area contributed by atoms with Crippen LogP contribution in [-0.2, 0) is 0 Å². The van der Waals surface area contributed by atoms with Crippen molar-refractivity contribution in [2.75, 3.05) is 0 Å². The highest BCUT2D eigenvalue weighted by atomic mass is 16.3. The van der Waals surface area contributed by atoms with Gasteiger partial charge in [-0.05, 0) is 39.5 Å². The molecule has 11 heavy (non-hydrogen) atoms. The quantitative estimate of drug-likeness (QED) is 0.479. The molecule has 0 atom stereocenters. The first-order valence-electron chi connectivity index (χ1n) is 4.43. The Morgan fingerprint density at radius 1 is 1.27 bits per heavy atom. The number of rotatable bonds is 5. The molecule has 0 saturated carbocycles. The number of hydrogen-bond acceptors (Lipinski definition) is 1. The molecular weight excluding hydrogens is 136 g/mol. The molecule has 0 rings (SSSR count). The Morgan fingerprint density at radius 3 is 2.36 bits per heavy atom. The molecule has 0 unspecified atom stereocenters. The summed E-state index contributed by atoms with van der Waals surface area (Å²) in [6.45, 7) is 5.85. The molecule has 0 saturated heterocycles. The summed E-state index contributed by atoms with van der Waals surface area (Å²) in [6.07, 6.45) is 8.54. The van der Waals surface area contributed by atoms with Crippen LogP contribution < -0.4 is 0 Å². The van der Waals surface area contributed by atoms with Crippen LogP contribution in [0.15, 0.2) is 12.2 Å². The fourth-order valence-electron chi connectivity index (χ4n) is 0.937. The second-order valence-corrected chi connectivity index (χ2v) is 3.58. The minimum Gasteiger partial charge on any atom is -0.390 e. The highest BCUT2D eigenvalue weighted by Gasteiger charge is 2.09. The van der Waals surface area contributed by atoms with E-state index in [0.29, 0.717) is 0 Å². The topological polar surface area (TPSA) is 20.2 Å². The van der Waals surface area contributed by atoms with E-state index < -0.39 is 5.60 Å². The van der Waals surface area contributed by atoms with Gasteiger partial charge in [0.25, 0.3) is 0 Å². The van der Waals surface area contributed by atoms with E-state index in [1.807, 2.05) is 13.8 Å². The third kappa shape index (κ3) is 9.70. The summed E-state index contributed by atoms with van der Waals surface area (Å²) >= 11 is 0. The van der Waals surface area contributed by atoms with Gasteiger partial charge < -0.3 is 5.11 Å². The van der Waals surface area contributed by atoms with E-state index in [2.05, 4.69) is 19.1 Å². The summed E-state index contributed by atoms with van der Waals surface area (Å²) in [5, 5.41) is 9.35. The molecule has 0 amide bonds. The van der Waals surface area contributed by atoms with E-state index in [9.17, 15) is 5.11 Å². The molecule has 0 aliphatic heterocycles. The van der Waals surface area contributed by atoms with Crippen LogP contribution in [0, 0.1) is 0 Å². The van der Waals surface area contributed by atoms with Crippen molar-refractivity contribution < 1.29 is 5.11 Å². The monoisotopic (exact) mass is 156 g/mol. The summed E-state index contributed by atoms with van der Waals surface area (Å²) in [5.41, 5.74) is -0.486. The molecule has 0 aliphatic carbocycles. The number of allylic oxidation sites excluding steroid dienone is 2. The van der Waals surface area contributed by atoms with E-state index in [1.165, 1.54) is 0 Å². The summed E-state index contributed by atoms with van der Waals surface area (Å²) < 4.78 is 0. The fourth-order valence-corrected chi connectivity index (χ4v) is 0.937. The predicted octanol–water partition coefficient (Wildman–Crippen LogP) is 2.89. The first-order valence-corrected chi connectivity index (χ1v) is 4.43. The zero-order valence-electron chi connectivity index (χ0n) is 7.93. The van der Waals surface area contributed by atoms with E-state index in [4.69, 9.17) is 0 Å². The van der Waals surface area contributed by atoms with Crippen LogP contribution in [0.4, 0.5) is 0 Å². The average Bonchev–Trinajstić information content (AvgIpc) is 1.85. The Labute approximate surface area is 70.1 Å². The van der Waals surface area contributed by atoms with Crippen molar-refractivity contribution in [2.45, 2.75) is 52.1 Å². The number of hydrogen-bond donors (Lipinski definition) is 1. The lowest BCUT2D eigenvalue weighted by Crippen LogP contribution is -2.17. The SMILES string of the molecule is CCC=CCCCC(C)(C)O. The summed E-state index contributed by atoms with van der Waals surface area (Å²) in [4.78, 5) is 0. The van der Waals surface area contributed by atoms with Crippen molar-refractivity contribution in [1.82, 2.24) is 0 Å². The average molecular weight is 156 g/mol. The normalized spacial score (nSPS) is 12.7. The third-order valence-corrected chi connectivity index (χ3v) is 1.56. The molecule has 0 heterocycles. The molecule has 1 N–H and O–H groups in total. The Balaban J connectivity index is 3.21. The highest BCUT2D eigenvalue weighted by molar-refractivity contribution is 4.80. The Hall–Kier alpha value is -0.300. The minimum absolute atomic E-state index is 0.486. The van der Waals surface area contributed by atoms with Crippen LogP contribution in [0.1, 0.15) is 46.5 Å². The molecule has 0 radical (unpaired) electrons. The van der Waals surface area contributed by atoms with Gasteiger partial charge in [0.15, 0.2) is 0 Å². The lowest BCUT2D eigenvalue weighted by Gasteiger charge is -2.15. The van der Waals surface area contributed by atoms with Crippen LogP contribution in [0.3, 0.4) is 0 Å². The fraction of sp³-hybridized carbons (Fsp3) is 0.800. The minimum atomic E-state index is -0.486. The molecule has 0 spiro atoms. The second kappa shape index (κ2) is 5.36. The second-order valence-electron chi connectivity index (χ2n) is 3.58. The van der Waals surface area contributed by atoms with Crippen molar-refractivity contribution in [3.05, 3.63) is 12.2 Å². The molecule has 0 fully saturated rings. The van der Waals surface area contributed by atoms with E-state index in [1.54, 1.807) is 0 Å². The van der Waals surface area contributed by atoms with Gasteiger partial charge >= 0.3 is 0 Å². The first kappa shape index (κ1) is 10.7. The van der Waals surface area contributed by atoms with Gasteiger partial charge in [0.1, 0.15) is 0 Å². The Morgan fingerprint density at radius 2 is 1.91 bits per heavy atom. The van der Waals surface area contributed by atoms with Crippen molar-refractivity contribution in [2.24, 2.45) is 0 Å². The molecule has 0 aromatic heterocycles. The van der Waals surface area contributed by atoms with Crippen LogP contribution >= 0.6 is 0 Å². The molecule has 0 aromatic rings. The summed E-state index contributed by atoms with van der Waals surface area (Å²) in [6, 6.07) is 0. The van der Waals surface area contributed by atoms with Crippen LogP contribution in [-0.4, -0.2) is 10.7 Å². The summed E-state index contributed by atoms with van der Waals surface area (Å²) in [7, 11) is 0. The molecular formula is C10H20O. The van der Waals surface area contributed by atoms with Crippen LogP contribution in [0.2, 0.25) is 0 Å². The van der Waals surface area contributed by atoms with Gasteiger partial charge in [-0.25, -0.2) is 0 Å². The van der Waals surface area contributed by atoms with Gasteiger partial charge in [-0.1, -0.05) is 19.1 Å². The predicted molar refractivity (Wildman–Crippen MR) is 49.6 cm³/mol. The molecule has 0 aromatic carbocycles. The van der Waals surface area contributed by atoms with Crippen molar-refractivity contribution in [3.63, 3.8) is 0 Å². The summed E-state index contributed by atoms with van der Waals surface area (Å²) in [5.74, 6) is 0. The maximum Gasteiger partial charge on any atom is 0.0591 e. The highest BCUT2D eigenvalue weighted by Crippen LogP contribution is 2.11. The first-order chi connectivity index (χ1) is 5.06. The molecule has 1 nitrogen and oxygen atoms in total. The maximum atomic E-state index is 9.35. The lowest BCUT2D eigenvalue weighted by atomic mass is 10.0. The van der Waals surface area contributed by atoms with Crippen LogP contribution in [0.25, 0.3) is 0 Å². The zero-order chi connectivity index (χ0) is 8.74. The smallest absolute Gasteiger partial charge is 0.0591 e. The van der Waals surface area contributed by atoms with Crippen molar-refractivity contribution in [1.29, 1.82) is 0 Å². The van der Waals surface area contributed by atoms with E-state index in [0.717, 1.165) is 25.7 Å². The van der Waals surface area contributed by atoms with Gasteiger partial charge in [-0.15, -0.1) is 0 Å². The van der Waals surface area contributed by atoms with Gasteiger partial charge in [-0.3, -0.25) is 0 Å². The van der Waals surface area contributed by atoms with Gasteiger partial charge in [0, 0.05) is 0 Å². The molecule has 0 aliphatic rings. The molecule has 1 heteroatoms. The standard InChI is InChI=1S/C10H20O/c1-4-5-6-7-8-9-10(2,3)11/h5-6,11H,4,7-9H2,1-3H3. The number of unbranched alkanes of at least 4 members (excludes halogenated alkanes) is 1. The maximum absolute atomic E-state index is 9.35. The lowest BCUT2D eigenvalue weighted by molar-refractivity contribution is 0.0691. The van der Waals surface area contributed by atoms with Crippen molar-refractivity contribution in [3.8, 4) is 0 Å². The Kier molecular flexibility index (Phi) is 5.22. The molecule has 0 bridgehead atoms. The van der Waals surface area contributed by atoms with Crippen LogP contribution in [0.5, 0.6) is 0 Å². The molecule has 66 valence electrons. The van der Waals surface area contributed by atoms with Gasteiger partial charge in [-0.2, -0.15) is 0 Å². The number of aliphatic hydroxyl groups is 1. The van der Waals surface area contributed by atoms with Crippen molar-refractivity contribution >= 4 is 0 Å². The third-order valence-electron chi connectivity index (χ3n) is 1.56.